The van der Waals surface area contributed by atoms with Crippen molar-refractivity contribution in [3.05, 3.63) is 46.2 Å². The number of benzene rings is 1. The molecule has 45 heavy (non-hydrogen) atoms. The lowest BCUT2D eigenvalue weighted by Crippen LogP contribution is -2.67. The minimum absolute atomic E-state index is 0.0538. The number of nitrogens with one attached hydrogen (secondary N) is 2. The molecule has 2 fully saturated rings. The van der Waals surface area contributed by atoms with Crippen LogP contribution in [0.1, 0.15) is 24.5 Å². The number of nitrogens with two attached hydrogens (primary N) is 2. The number of aliphatic imine (C=N–C) groups is 1. The Balaban J connectivity index is 1.47. The minimum atomic E-state index is -2.80. The molecule has 5 rings (SSSR count). The van der Waals surface area contributed by atoms with Crippen molar-refractivity contribution in [2.75, 3.05) is 46.9 Å². The van der Waals surface area contributed by atoms with E-state index in [4.69, 9.17) is 16.9 Å². The molecular weight excluding hydrogens is 588 g/mol. The fourth-order valence-electron chi connectivity index (χ4n) is 7.07. The molecule has 0 spiro atoms. The number of phenols is 1. The first-order chi connectivity index (χ1) is 21.0. The molecule has 11 N–H and O–H groups in total. The fourth-order valence-corrected chi connectivity index (χ4v) is 7.07. The Labute approximate surface area is 258 Å². The second-order valence-corrected chi connectivity index (χ2v) is 12.2. The van der Waals surface area contributed by atoms with Gasteiger partial charge in [0.1, 0.15) is 22.8 Å². The third-order valence-corrected chi connectivity index (χ3v) is 9.37. The molecule has 5 atom stereocenters. The van der Waals surface area contributed by atoms with Gasteiger partial charge >= 0.3 is 0 Å². The van der Waals surface area contributed by atoms with Gasteiger partial charge in [0.25, 0.3) is 5.91 Å². The summed E-state index contributed by atoms with van der Waals surface area (Å²) in [6.45, 7) is 2.90. The number of hydrogen-bond donors (Lipinski definition) is 9. The van der Waals surface area contributed by atoms with E-state index in [-0.39, 0.29) is 36.1 Å². The third kappa shape index (κ3) is 4.89. The maximum atomic E-state index is 14.2. The van der Waals surface area contributed by atoms with Crippen LogP contribution in [0.3, 0.4) is 0 Å². The predicted octanol–water partition coefficient (Wildman–Crippen LogP) is -1.96. The molecule has 1 saturated carbocycles. The summed E-state index contributed by atoms with van der Waals surface area (Å²) in [5.41, 5.74) is 4.82. The molecule has 1 aromatic carbocycles. The van der Waals surface area contributed by atoms with Gasteiger partial charge in [0.05, 0.1) is 23.9 Å². The standard InChI is InChI=1S/C29H38N8O8/c1-28(44)13-5-4-6-16(38)17(13)21(39)18-14(28)11-15-20(35(2)3)22(40)19(24(42)29(15,45)23(18)41)25(43)33-12-36-7-9-37(10-8-36)27(32)34-26(30)31/h4-6,14-15,20,38-39,42,44-45H,7-12H2,1-3H3,(H,33,43)(H5,30,31,32,34)/t14-,15-,20-,28+,29-/m0/s1. The number of fused-ring (bicyclic) bond motifs is 3. The van der Waals surface area contributed by atoms with Crippen LogP contribution in [0, 0.1) is 17.2 Å². The second-order valence-electron chi connectivity index (χ2n) is 12.2. The number of likely N-dealkylation sites (N-methyl/N-ethyl adjacent to an activating group) is 1. The number of carbonyl (C=O) groups excluding carboxylic acids is 3. The maximum Gasteiger partial charge on any atom is 0.259 e. The average molecular weight is 627 g/mol. The van der Waals surface area contributed by atoms with Crippen molar-refractivity contribution < 1.29 is 39.9 Å². The monoisotopic (exact) mass is 626 g/mol. The summed E-state index contributed by atoms with van der Waals surface area (Å²) in [6, 6.07) is 2.99. The highest BCUT2D eigenvalue weighted by Crippen LogP contribution is 2.57. The number of carbonyl (C=O) groups is 3. The number of aliphatic hydroxyl groups is 4. The van der Waals surface area contributed by atoms with E-state index in [2.05, 4.69) is 10.3 Å². The SMILES string of the molecule is CN(C)[C@@H]1C(=O)C(C(=O)NCN2CCN(C(=N)N=C(N)N)CC2)=C(O)[C@@]2(O)C(=O)C3=C(O)c4c(O)cccc4[C@@](C)(O)[C@H]3C[C@@H]12. The molecule has 242 valence electrons. The van der Waals surface area contributed by atoms with E-state index in [1.54, 1.807) is 4.90 Å². The van der Waals surface area contributed by atoms with Crippen molar-refractivity contribution in [3.8, 4) is 5.75 Å². The van der Waals surface area contributed by atoms with Crippen LogP contribution in [0.15, 0.2) is 40.1 Å². The molecule has 0 bridgehead atoms. The Morgan fingerprint density at radius 1 is 1.13 bits per heavy atom. The molecule has 1 aliphatic heterocycles. The van der Waals surface area contributed by atoms with Crippen LogP contribution in [-0.4, -0.2) is 128 Å². The zero-order valence-corrected chi connectivity index (χ0v) is 25.1. The van der Waals surface area contributed by atoms with Gasteiger partial charge in [-0.15, -0.1) is 0 Å². The topological polar surface area (TPSA) is 262 Å². The first kappa shape index (κ1) is 31.9. The van der Waals surface area contributed by atoms with Gasteiger partial charge in [0.2, 0.25) is 11.7 Å². The number of Topliss-reactive ketones (excluding diaryl/α,β-unsaturated/α-hetero) is 2. The summed E-state index contributed by atoms with van der Waals surface area (Å²) in [5.74, 6) is -7.99. The largest absolute Gasteiger partial charge is 0.508 e. The van der Waals surface area contributed by atoms with E-state index in [0.717, 1.165) is 0 Å². The molecule has 0 radical (unpaired) electrons. The van der Waals surface area contributed by atoms with Crippen molar-refractivity contribution in [2.45, 2.75) is 30.6 Å². The molecule has 0 aromatic heterocycles. The summed E-state index contributed by atoms with van der Waals surface area (Å²) in [4.78, 5) is 50.1. The summed E-state index contributed by atoms with van der Waals surface area (Å²) in [7, 11) is 3.06. The summed E-state index contributed by atoms with van der Waals surface area (Å²) >= 11 is 0. The van der Waals surface area contributed by atoms with E-state index in [9.17, 15) is 39.9 Å². The third-order valence-electron chi connectivity index (χ3n) is 9.37. The molecule has 16 nitrogen and oxygen atoms in total. The Kier molecular flexibility index (Phi) is 7.89. The zero-order valence-electron chi connectivity index (χ0n) is 25.1. The van der Waals surface area contributed by atoms with Crippen LogP contribution in [-0.2, 0) is 20.0 Å². The lowest BCUT2D eigenvalue weighted by Gasteiger charge is -2.53. The van der Waals surface area contributed by atoms with Crippen molar-refractivity contribution in [1.29, 1.82) is 5.41 Å². The lowest BCUT2D eigenvalue weighted by atomic mass is 9.54. The Morgan fingerprint density at radius 3 is 2.38 bits per heavy atom. The average Bonchev–Trinajstić information content (AvgIpc) is 2.96. The number of nitrogens with zero attached hydrogens (tertiary/aromatic N) is 4. The van der Waals surface area contributed by atoms with Crippen molar-refractivity contribution in [3.63, 3.8) is 0 Å². The number of rotatable bonds is 4. The summed E-state index contributed by atoms with van der Waals surface area (Å²) in [5, 5.41) is 67.4. The molecule has 3 aliphatic carbocycles. The number of piperazine rings is 1. The Bertz CT molecular complexity index is 1570. The van der Waals surface area contributed by atoms with Gasteiger partial charge < -0.3 is 47.2 Å². The molecule has 1 aromatic rings. The van der Waals surface area contributed by atoms with E-state index in [1.807, 2.05) is 4.90 Å². The fraction of sp³-hybridized carbons (Fsp3) is 0.483. The number of aromatic hydroxyl groups is 1. The Morgan fingerprint density at radius 2 is 1.78 bits per heavy atom. The molecule has 4 aliphatic rings. The number of phenolic OH excluding ortho intramolecular Hbond substituents is 1. The quantitative estimate of drug-likeness (QED) is 0.100. The minimum Gasteiger partial charge on any atom is -0.508 e. The van der Waals surface area contributed by atoms with Crippen LogP contribution in [0.2, 0.25) is 0 Å². The number of ketones is 2. The van der Waals surface area contributed by atoms with Gasteiger partial charge in [-0.25, -0.2) is 0 Å². The highest BCUT2D eigenvalue weighted by atomic mass is 16.3. The van der Waals surface area contributed by atoms with Gasteiger partial charge in [-0.05, 0) is 39.1 Å². The molecule has 1 amide bonds. The first-order valence-corrected chi connectivity index (χ1v) is 14.4. The van der Waals surface area contributed by atoms with Gasteiger partial charge in [-0.2, -0.15) is 4.99 Å². The lowest BCUT2D eigenvalue weighted by molar-refractivity contribution is -0.159. The Hall–Kier alpha value is -4.51. The smallest absolute Gasteiger partial charge is 0.259 e. The van der Waals surface area contributed by atoms with E-state index < -0.39 is 75.0 Å². The van der Waals surface area contributed by atoms with Crippen LogP contribution in [0.5, 0.6) is 5.75 Å². The molecule has 1 saturated heterocycles. The summed E-state index contributed by atoms with van der Waals surface area (Å²) < 4.78 is 0. The molecule has 0 unspecified atom stereocenters. The van der Waals surface area contributed by atoms with E-state index in [0.29, 0.717) is 26.2 Å². The number of hydrogen-bond acceptors (Lipinski definition) is 11. The zero-order chi connectivity index (χ0) is 33.2. The van der Waals surface area contributed by atoms with Crippen molar-refractivity contribution >= 4 is 35.2 Å². The van der Waals surface area contributed by atoms with Gasteiger partial charge in [-0.3, -0.25) is 29.6 Å². The van der Waals surface area contributed by atoms with Crippen molar-refractivity contribution in [1.82, 2.24) is 20.0 Å². The van der Waals surface area contributed by atoms with Crippen LogP contribution >= 0.6 is 0 Å². The number of guanidine groups is 2. The second kappa shape index (κ2) is 11.1. The molecule has 1 heterocycles. The van der Waals surface area contributed by atoms with Gasteiger partial charge in [0, 0.05) is 43.6 Å². The van der Waals surface area contributed by atoms with Crippen LogP contribution in [0.4, 0.5) is 0 Å². The highest BCUT2D eigenvalue weighted by molar-refractivity contribution is 6.25. The normalized spacial score (nSPS) is 30.1. The summed E-state index contributed by atoms with van der Waals surface area (Å²) in [6.07, 6.45) is -0.226. The van der Waals surface area contributed by atoms with Crippen molar-refractivity contribution in [2.24, 2.45) is 28.3 Å². The van der Waals surface area contributed by atoms with Gasteiger partial charge in [-0.1, -0.05) is 12.1 Å². The first-order valence-electron chi connectivity index (χ1n) is 14.4. The highest BCUT2D eigenvalue weighted by Gasteiger charge is 2.66. The molecular formula is C29H38N8O8. The number of amides is 1. The maximum absolute atomic E-state index is 14.2. The molecule has 16 heteroatoms. The van der Waals surface area contributed by atoms with Gasteiger partial charge in [0.15, 0.2) is 17.3 Å². The van der Waals surface area contributed by atoms with E-state index in [1.165, 1.54) is 44.1 Å². The van der Waals surface area contributed by atoms with Crippen LogP contribution < -0.4 is 16.8 Å². The predicted molar refractivity (Wildman–Crippen MR) is 161 cm³/mol. The van der Waals surface area contributed by atoms with Crippen LogP contribution in [0.25, 0.3) is 5.76 Å². The number of aliphatic hydroxyl groups excluding tert-OH is 2. The van der Waals surface area contributed by atoms with E-state index >= 15 is 0 Å².